The van der Waals surface area contributed by atoms with E-state index in [4.69, 9.17) is 10.2 Å². The summed E-state index contributed by atoms with van der Waals surface area (Å²) < 4.78 is 0. The monoisotopic (exact) mass is 706 g/mol. The fourth-order valence-electron chi connectivity index (χ4n) is 4.04. The number of imide groups is 2. The van der Waals surface area contributed by atoms with Gasteiger partial charge in [-0.05, 0) is 27.7 Å². The number of carbonyl (C=O) groups is 12. The summed E-state index contributed by atoms with van der Waals surface area (Å²) in [5.41, 5.74) is 0. The molecule has 0 saturated carbocycles. The lowest BCUT2D eigenvalue weighted by Crippen LogP contribution is -2.67. The van der Waals surface area contributed by atoms with E-state index in [9.17, 15) is 57.5 Å². The number of aliphatic carboxylic acids is 2. The van der Waals surface area contributed by atoms with Crippen LogP contribution in [0.2, 0.25) is 0 Å². The van der Waals surface area contributed by atoms with Crippen molar-refractivity contribution in [2.24, 2.45) is 0 Å². The quantitative estimate of drug-likeness (QED) is 0.0653. The van der Waals surface area contributed by atoms with Crippen LogP contribution in [0.1, 0.15) is 27.7 Å². The Labute approximate surface area is 282 Å². The van der Waals surface area contributed by atoms with Crippen molar-refractivity contribution < 1.29 is 67.7 Å². The molecule has 0 aromatic rings. The zero-order valence-electron chi connectivity index (χ0n) is 26.9. The molecule has 0 spiro atoms. The first kappa shape index (κ1) is 39.7. The highest BCUT2D eigenvalue weighted by Crippen LogP contribution is 2.07. The molecular weight excluding hydrogens is 672 g/mol. The normalized spacial score (nSPS) is 17.2. The summed E-state index contributed by atoms with van der Waals surface area (Å²) in [6, 6.07) is -10.4. The second-order valence-electron chi connectivity index (χ2n) is 10.9. The number of nitrogens with zero attached hydrogens (tertiary/aromatic N) is 2. The molecular formula is C28H34N8O14. The first-order valence-electron chi connectivity index (χ1n) is 14.6. The van der Waals surface area contributed by atoms with Gasteiger partial charge in [0.15, 0.2) is 0 Å². The average molecular weight is 707 g/mol. The third-order valence-electron chi connectivity index (χ3n) is 6.90. The van der Waals surface area contributed by atoms with E-state index in [0.29, 0.717) is 9.80 Å². The van der Waals surface area contributed by atoms with Gasteiger partial charge in [-0.25, -0.2) is 0 Å². The zero-order chi connectivity index (χ0) is 38.0. The number of hydrogen-bond acceptors (Lipinski definition) is 12. The van der Waals surface area contributed by atoms with E-state index in [1.807, 2.05) is 0 Å². The maximum Gasteiger partial charge on any atom is 0.325 e. The minimum Gasteiger partial charge on any atom is -0.480 e. The van der Waals surface area contributed by atoms with E-state index < -0.39 is 120 Å². The number of rotatable bonds is 17. The predicted octanol–water partition coefficient (Wildman–Crippen LogP) is -6.01. The molecule has 0 bridgehead atoms. The molecule has 270 valence electrons. The first-order chi connectivity index (χ1) is 23.2. The number of carboxylic acid groups (broad SMARTS) is 2. The van der Waals surface area contributed by atoms with Crippen molar-refractivity contribution in [2.75, 3.05) is 13.1 Å². The Hall–Kier alpha value is -6.48. The van der Waals surface area contributed by atoms with Crippen LogP contribution < -0.4 is 31.9 Å². The first-order valence-corrected chi connectivity index (χ1v) is 14.6. The lowest BCUT2D eigenvalue weighted by atomic mass is 10.0. The number of amides is 10. The van der Waals surface area contributed by atoms with Gasteiger partial charge < -0.3 is 42.1 Å². The molecule has 22 heteroatoms. The van der Waals surface area contributed by atoms with Gasteiger partial charge in [0.05, 0.1) is 0 Å². The summed E-state index contributed by atoms with van der Waals surface area (Å²) in [6.45, 7) is 2.41. The van der Waals surface area contributed by atoms with Gasteiger partial charge in [0.25, 0.3) is 23.6 Å². The van der Waals surface area contributed by atoms with E-state index in [0.717, 1.165) is 52.0 Å². The highest BCUT2D eigenvalue weighted by atomic mass is 16.4. The molecule has 0 aromatic carbocycles. The van der Waals surface area contributed by atoms with Crippen LogP contribution in [0.3, 0.4) is 0 Å². The Bertz CT molecular complexity index is 1420. The molecule has 0 fully saturated rings. The zero-order valence-corrected chi connectivity index (χ0v) is 26.9. The molecule has 22 nitrogen and oxygen atoms in total. The van der Waals surface area contributed by atoms with Crippen LogP contribution in [0, 0.1) is 0 Å². The number of nitrogens with one attached hydrogen (secondary N) is 6. The molecule has 2 heterocycles. The Balaban J connectivity index is 2.47. The Morgan fingerprint density at radius 2 is 0.740 bits per heavy atom. The summed E-state index contributed by atoms with van der Waals surface area (Å²) in [4.78, 5) is 150. The molecule has 0 aromatic heterocycles. The highest BCUT2D eigenvalue weighted by molar-refractivity contribution is 6.15. The van der Waals surface area contributed by atoms with E-state index in [-0.39, 0.29) is 0 Å². The van der Waals surface area contributed by atoms with Gasteiger partial charge in [-0.2, -0.15) is 0 Å². The predicted molar refractivity (Wildman–Crippen MR) is 161 cm³/mol. The maximum absolute atomic E-state index is 13.6. The fourth-order valence-corrected chi connectivity index (χ4v) is 4.04. The van der Waals surface area contributed by atoms with Crippen LogP contribution in [0.25, 0.3) is 0 Å². The van der Waals surface area contributed by atoms with Gasteiger partial charge in [-0.1, -0.05) is 0 Å². The van der Waals surface area contributed by atoms with Crippen molar-refractivity contribution in [3.05, 3.63) is 24.3 Å². The van der Waals surface area contributed by atoms with Gasteiger partial charge in [0.2, 0.25) is 35.4 Å². The molecule has 2 aliphatic heterocycles. The second-order valence-corrected chi connectivity index (χ2v) is 10.9. The van der Waals surface area contributed by atoms with Crippen molar-refractivity contribution in [2.45, 2.75) is 63.9 Å². The van der Waals surface area contributed by atoms with Gasteiger partial charge in [0.1, 0.15) is 49.3 Å². The van der Waals surface area contributed by atoms with Crippen LogP contribution >= 0.6 is 0 Å². The summed E-state index contributed by atoms with van der Waals surface area (Å²) in [7, 11) is 0. The third kappa shape index (κ3) is 10.8. The lowest BCUT2D eigenvalue weighted by Gasteiger charge is -2.30. The van der Waals surface area contributed by atoms with Crippen LogP contribution in [-0.2, 0) is 57.5 Å². The molecule has 6 atom stereocenters. The molecule has 0 saturated heterocycles. The van der Waals surface area contributed by atoms with Crippen molar-refractivity contribution in [1.29, 1.82) is 0 Å². The van der Waals surface area contributed by atoms with E-state index in [2.05, 4.69) is 31.9 Å². The van der Waals surface area contributed by atoms with Gasteiger partial charge >= 0.3 is 11.9 Å². The van der Waals surface area contributed by atoms with Crippen molar-refractivity contribution >= 4 is 71.0 Å². The fraction of sp³-hybridized carbons (Fsp3) is 0.429. The Morgan fingerprint density at radius 3 is 1.00 bits per heavy atom. The molecule has 50 heavy (non-hydrogen) atoms. The van der Waals surface area contributed by atoms with E-state index in [1.54, 1.807) is 0 Å². The summed E-state index contributed by atoms with van der Waals surface area (Å²) in [6.07, 6.45) is 3.40. The maximum atomic E-state index is 13.6. The SMILES string of the molecule is C[C@H](NC(=O)[C@H](C)NC(=O)[C@@H](NC(=O)CN1C(=O)C=CC1=O)[C@H](NC(=O)CN1C(=O)C=CC1=O)C(=O)N[C@@H](C)C(=O)N[C@@H](C)C(=O)O)C(=O)O. The van der Waals surface area contributed by atoms with Crippen LogP contribution in [-0.4, -0.2) is 140 Å². The molecule has 10 amide bonds. The van der Waals surface area contributed by atoms with Crippen molar-refractivity contribution in [1.82, 2.24) is 41.7 Å². The van der Waals surface area contributed by atoms with Crippen LogP contribution in [0.15, 0.2) is 24.3 Å². The van der Waals surface area contributed by atoms with Gasteiger partial charge in [-0.3, -0.25) is 67.3 Å². The van der Waals surface area contributed by atoms with Crippen LogP contribution in [0.5, 0.6) is 0 Å². The molecule has 2 aliphatic rings. The molecule has 0 unspecified atom stereocenters. The highest BCUT2D eigenvalue weighted by Gasteiger charge is 2.40. The molecule has 8 N–H and O–H groups in total. The van der Waals surface area contributed by atoms with E-state index >= 15 is 0 Å². The average Bonchev–Trinajstić information content (AvgIpc) is 3.52. The van der Waals surface area contributed by atoms with Crippen molar-refractivity contribution in [3.8, 4) is 0 Å². The summed E-state index contributed by atoms with van der Waals surface area (Å²) >= 11 is 0. The summed E-state index contributed by atoms with van der Waals surface area (Å²) in [5.74, 6) is -13.8. The van der Waals surface area contributed by atoms with Gasteiger partial charge in [0, 0.05) is 24.3 Å². The lowest BCUT2D eigenvalue weighted by molar-refractivity contribution is -0.144. The Morgan fingerprint density at radius 1 is 0.480 bits per heavy atom. The van der Waals surface area contributed by atoms with Crippen LogP contribution in [0.4, 0.5) is 0 Å². The molecule has 0 radical (unpaired) electrons. The second kappa shape index (κ2) is 17.1. The van der Waals surface area contributed by atoms with Gasteiger partial charge in [-0.15, -0.1) is 0 Å². The number of carbonyl (C=O) groups excluding carboxylic acids is 10. The molecule has 0 aliphatic carbocycles. The Kier molecular flexibility index (Phi) is 13.6. The smallest absolute Gasteiger partial charge is 0.325 e. The largest absolute Gasteiger partial charge is 0.480 e. The standard InChI is InChI=1S/C28H34N8O14/c1-11(23(43)31-13(3)27(47)48)29-25(45)21(33-15(37)9-35-17(39)5-6-18(35)40)22(34-16(38)10-36-19(41)7-8-20(36)42)26(46)30-12(2)24(44)32-14(4)28(49)50/h5-8,11-14,21-22H,9-10H2,1-4H3,(H,29,45)(H,30,46)(H,31,43)(H,32,44)(H,33,37)(H,34,38)(H,47,48)(H,49,50)/t11-,12-,13-,14-,21-,22-/m0/s1. The molecule has 2 rings (SSSR count). The number of hydrogen-bond donors (Lipinski definition) is 8. The number of carboxylic acids is 2. The van der Waals surface area contributed by atoms with Crippen molar-refractivity contribution in [3.63, 3.8) is 0 Å². The third-order valence-corrected chi connectivity index (χ3v) is 6.90. The minimum atomic E-state index is -2.24. The topological polar surface area (TPSA) is 324 Å². The summed E-state index contributed by atoms with van der Waals surface area (Å²) in [5, 5.41) is 30.7. The van der Waals surface area contributed by atoms with E-state index in [1.165, 1.54) is 0 Å². The minimum absolute atomic E-state index is 0.453.